The summed E-state index contributed by atoms with van der Waals surface area (Å²) in [5.41, 5.74) is 3.20. The molecule has 9 heteroatoms. The second kappa shape index (κ2) is 10.6. The molecule has 2 aromatic carbocycles. The Morgan fingerprint density at radius 1 is 1.03 bits per heavy atom. The van der Waals surface area contributed by atoms with Crippen molar-refractivity contribution in [2.45, 2.75) is 39.2 Å². The summed E-state index contributed by atoms with van der Waals surface area (Å²) < 4.78 is 31.3. The maximum atomic E-state index is 13.0. The average Bonchev–Trinajstić information content (AvgIpc) is 3.20. The van der Waals surface area contributed by atoms with Crippen LogP contribution in [0.5, 0.6) is 0 Å². The van der Waals surface area contributed by atoms with Crippen molar-refractivity contribution in [3.05, 3.63) is 81.7 Å². The van der Waals surface area contributed by atoms with Crippen molar-refractivity contribution in [3.8, 4) is 0 Å². The fourth-order valence-corrected chi connectivity index (χ4v) is 6.33. The number of amides is 1. The SMILES string of the molecule is CCOC(=O)c1c(NC(=O)c2ccc(CN(c3ccccc3)S(C)(=O)=O)cc2)sc2c1CCCC2. The van der Waals surface area contributed by atoms with Crippen molar-refractivity contribution < 1.29 is 22.7 Å². The summed E-state index contributed by atoms with van der Waals surface area (Å²) in [6, 6.07) is 15.7. The third-order valence-electron chi connectivity index (χ3n) is 5.86. The fraction of sp³-hybridized carbons (Fsp3) is 0.308. The van der Waals surface area contributed by atoms with Crippen molar-refractivity contribution in [1.82, 2.24) is 0 Å². The van der Waals surface area contributed by atoms with E-state index < -0.39 is 16.0 Å². The number of nitrogens with zero attached hydrogens (tertiary/aromatic N) is 1. The third-order valence-corrected chi connectivity index (χ3v) is 8.21. The summed E-state index contributed by atoms with van der Waals surface area (Å²) in [7, 11) is -3.49. The van der Waals surface area contributed by atoms with Gasteiger partial charge < -0.3 is 10.1 Å². The summed E-state index contributed by atoms with van der Waals surface area (Å²) in [5, 5.41) is 3.43. The molecule has 0 bridgehead atoms. The minimum Gasteiger partial charge on any atom is -0.462 e. The molecule has 0 fully saturated rings. The minimum atomic E-state index is -3.49. The molecule has 1 heterocycles. The van der Waals surface area contributed by atoms with Crippen LogP contribution in [0, 0.1) is 0 Å². The van der Waals surface area contributed by atoms with Crippen molar-refractivity contribution in [1.29, 1.82) is 0 Å². The van der Waals surface area contributed by atoms with Gasteiger partial charge in [0.15, 0.2) is 0 Å². The molecule has 7 nitrogen and oxygen atoms in total. The lowest BCUT2D eigenvalue weighted by molar-refractivity contribution is 0.0526. The first kappa shape index (κ1) is 24.9. The number of hydrogen-bond acceptors (Lipinski definition) is 6. The molecule has 35 heavy (non-hydrogen) atoms. The number of para-hydroxylation sites is 1. The quantitative estimate of drug-likeness (QED) is 0.428. The number of carbonyl (C=O) groups excluding carboxylic acids is 2. The van der Waals surface area contributed by atoms with E-state index in [1.54, 1.807) is 55.5 Å². The van der Waals surface area contributed by atoms with E-state index >= 15 is 0 Å². The molecule has 184 valence electrons. The molecule has 0 atom stereocenters. The molecule has 1 N–H and O–H groups in total. The summed E-state index contributed by atoms with van der Waals surface area (Å²) >= 11 is 1.44. The van der Waals surface area contributed by atoms with Crippen molar-refractivity contribution >= 4 is 43.9 Å². The highest BCUT2D eigenvalue weighted by Crippen LogP contribution is 2.38. The van der Waals surface area contributed by atoms with Crippen LogP contribution in [0.15, 0.2) is 54.6 Å². The van der Waals surface area contributed by atoms with E-state index in [0.29, 0.717) is 21.8 Å². The molecular formula is C26H28N2O5S2. The van der Waals surface area contributed by atoms with E-state index in [-0.39, 0.29) is 19.1 Å². The number of esters is 1. The second-order valence-electron chi connectivity index (χ2n) is 8.39. The van der Waals surface area contributed by atoms with Gasteiger partial charge in [-0.2, -0.15) is 0 Å². The average molecular weight is 513 g/mol. The van der Waals surface area contributed by atoms with Gasteiger partial charge in [0.25, 0.3) is 5.91 Å². The lowest BCUT2D eigenvalue weighted by Gasteiger charge is -2.22. The van der Waals surface area contributed by atoms with Crippen molar-refractivity contribution in [2.75, 3.05) is 22.5 Å². The Labute approximate surface area is 209 Å². The number of sulfonamides is 1. The summed E-state index contributed by atoms with van der Waals surface area (Å²) in [6.07, 6.45) is 4.96. The van der Waals surface area contributed by atoms with Crippen LogP contribution in [-0.4, -0.2) is 33.2 Å². The molecule has 0 radical (unpaired) electrons. The second-order valence-corrected chi connectivity index (χ2v) is 11.4. The summed E-state index contributed by atoms with van der Waals surface area (Å²) in [6.45, 7) is 2.18. The van der Waals surface area contributed by atoms with E-state index in [1.807, 2.05) is 6.07 Å². The topological polar surface area (TPSA) is 92.8 Å². The van der Waals surface area contributed by atoms with Crippen LogP contribution in [0.2, 0.25) is 0 Å². The first-order valence-corrected chi connectivity index (χ1v) is 14.2. The predicted octanol–water partition coefficient (Wildman–Crippen LogP) is 5.02. The molecule has 3 aromatic rings. The zero-order valence-electron chi connectivity index (χ0n) is 19.7. The first-order valence-electron chi connectivity index (χ1n) is 11.5. The van der Waals surface area contributed by atoms with Crippen LogP contribution < -0.4 is 9.62 Å². The number of carbonyl (C=O) groups is 2. The monoisotopic (exact) mass is 512 g/mol. The Morgan fingerprint density at radius 2 is 1.71 bits per heavy atom. The fourth-order valence-electron chi connectivity index (χ4n) is 4.17. The van der Waals surface area contributed by atoms with Gasteiger partial charge in [0.1, 0.15) is 5.00 Å². The van der Waals surface area contributed by atoms with Gasteiger partial charge in [-0.05, 0) is 68.0 Å². The van der Waals surface area contributed by atoms with E-state index in [0.717, 1.165) is 41.7 Å². The number of fused-ring (bicyclic) bond motifs is 1. The molecule has 1 aromatic heterocycles. The number of rotatable bonds is 8. The van der Waals surface area contributed by atoms with Gasteiger partial charge in [0.05, 0.1) is 30.7 Å². The highest BCUT2D eigenvalue weighted by atomic mass is 32.2. The Kier molecular flexibility index (Phi) is 7.57. The molecule has 0 unspecified atom stereocenters. The number of thiophene rings is 1. The predicted molar refractivity (Wildman–Crippen MR) is 139 cm³/mol. The number of anilines is 2. The molecule has 0 spiro atoms. The zero-order chi connectivity index (χ0) is 25.0. The number of nitrogens with one attached hydrogen (secondary N) is 1. The van der Waals surface area contributed by atoms with Crippen LogP contribution in [0.25, 0.3) is 0 Å². The molecule has 1 amide bonds. The molecule has 4 rings (SSSR count). The van der Waals surface area contributed by atoms with Gasteiger partial charge in [0.2, 0.25) is 10.0 Å². The highest BCUT2D eigenvalue weighted by Gasteiger charge is 2.27. The zero-order valence-corrected chi connectivity index (χ0v) is 21.4. The number of aryl methyl sites for hydroxylation is 1. The summed E-state index contributed by atoms with van der Waals surface area (Å²) in [5.74, 6) is -0.733. The smallest absolute Gasteiger partial charge is 0.341 e. The largest absolute Gasteiger partial charge is 0.462 e. The van der Waals surface area contributed by atoms with E-state index in [9.17, 15) is 18.0 Å². The number of benzene rings is 2. The van der Waals surface area contributed by atoms with Crippen LogP contribution in [-0.2, 0) is 34.1 Å². The van der Waals surface area contributed by atoms with Gasteiger partial charge in [-0.1, -0.05) is 30.3 Å². The Bertz CT molecular complexity index is 1320. The lowest BCUT2D eigenvalue weighted by atomic mass is 9.95. The highest BCUT2D eigenvalue weighted by molar-refractivity contribution is 7.92. The van der Waals surface area contributed by atoms with Crippen molar-refractivity contribution in [2.24, 2.45) is 0 Å². The standard InChI is InChI=1S/C26H28N2O5S2/c1-3-33-26(30)23-21-11-7-8-12-22(21)34-25(23)27-24(29)19-15-13-18(14-16-19)17-28(35(2,31)32)20-9-5-4-6-10-20/h4-6,9-10,13-16H,3,7-8,11-12,17H2,1-2H3,(H,27,29). The normalized spacial score (nSPS) is 13.1. The Balaban J connectivity index is 1.53. The van der Waals surface area contributed by atoms with Crippen LogP contribution in [0.1, 0.15) is 56.5 Å². The molecule has 1 aliphatic rings. The molecule has 0 saturated heterocycles. The Morgan fingerprint density at radius 3 is 2.37 bits per heavy atom. The van der Waals surface area contributed by atoms with Crippen LogP contribution in [0.4, 0.5) is 10.7 Å². The number of hydrogen-bond donors (Lipinski definition) is 1. The van der Waals surface area contributed by atoms with E-state index in [2.05, 4.69) is 5.32 Å². The first-order chi connectivity index (χ1) is 16.8. The molecular weight excluding hydrogens is 484 g/mol. The van der Waals surface area contributed by atoms with Gasteiger partial charge in [-0.25, -0.2) is 13.2 Å². The van der Waals surface area contributed by atoms with Gasteiger partial charge >= 0.3 is 5.97 Å². The Hall–Kier alpha value is -3.17. The van der Waals surface area contributed by atoms with Crippen LogP contribution in [0.3, 0.4) is 0 Å². The molecule has 0 aliphatic heterocycles. The lowest BCUT2D eigenvalue weighted by Crippen LogP contribution is -2.29. The van der Waals surface area contributed by atoms with Crippen molar-refractivity contribution in [3.63, 3.8) is 0 Å². The summed E-state index contributed by atoms with van der Waals surface area (Å²) in [4.78, 5) is 26.8. The van der Waals surface area contributed by atoms with E-state index in [4.69, 9.17) is 4.74 Å². The van der Waals surface area contributed by atoms with Gasteiger partial charge in [-0.3, -0.25) is 9.10 Å². The molecule has 0 saturated carbocycles. The number of ether oxygens (including phenoxy) is 1. The van der Waals surface area contributed by atoms with E-state index in [1.165, 1.54) is 21.9 Å². The van der Waals surface area contributed by atoms with Gasteiger partial charge in [-0.15, -0.1) is 11.3 Å². The van der Waals surface area contributed by atoms with Gasteiger partial charge in [0, 0.05) is 10.4 Å². The molecule has 1 aliphatic carbocycles. The maximum absolute atomic E-state index is 13.0. The maximum Gasteiger partial charge on any atom is 0.341 e. The minimum absolute atomic E-state index is 0.148. The van der Waals surface area contributed by atoms with Crippen LogP contribution >= 0.6 is 11.3 Å². The third kappa shape index (κ3) is 5.74.